The third-order valence-electron chi connectivity index (χ3n) is 3.96. The Labute approximate surface area is 148 Å². The highest BCUT2D eigenvalue weighted by molar-refractivity contribution is 7.12. The van der Waals surface area contributed by atoms with Gasteiger partial charge in [0.05, 0.1) is 43.7 Å². The molecule has 0 aromatic carbocycles. The molecule has 0 saturated carbocycles. The lowest BCUT2D eigenvalue weighted by Gasteiger charge is -2.25. The van der Waals surface area contributed by atoms with Gasteiger partial charge in [0.25, 0.3) is 5.91 Å². The maximum Gasteiger partial charge on any atom is 0.290 e. The average molecular weight is 363 g/mol. The number of nitrogens with zero attached hydrogens (tertiary/aromatic N) is 1. The van der Waals surface area contributed by atoms with Crippen LogP contribution in [-0.4, -0.2) is 48.9 Å². The molecule has 0 spiro atoms. The van der Waals surface area contributed by atoms with Crippen molar-refractivity contribution < 1.29 is 19.6 Å². The smallest absolute Gasteiger partial charge is 0.290 e. The molecule has 1 aliphatic rings. The first-order chi connectivity index (χ1) is 11.5. The predicted octanol–water partition coefficient (Wildman–Crippen LogP) is 1.53. The zero-order valence-electron chi connectivity index (χ0n) is 13.5. The van der Waals surface area contributed by atoms with Crippen LogP contribution in [0.1, 0.15) is 20.6 Å². The molecule has 1 atom stereocenters. The van der Waals surface area contributed by atoms with Crippen molar-refractivity contribution in [1.82, 2.24) is 4.90 Å². The fourth-order valence-corrected chi connectivity index (χ4v) is 4.27. The van der Waals surface area contributed by atoms with Gasteiger partial charge in [-0.05, 0) is 22.9 Å². The van der Waals surface area contributed by atoms with Gasteiger partial charge in [0.1, 0.15) is 0 Å². The maximum atomic E-state index is 12.9. The molecule has 7 heteroatoms. The lowest BCUT2D eigenvalue weighted by molar-refractivity contribution is -0.857. The molecule has 2 aromatic rings. The summed E-state index contributed by atoms with van der Waals surface area (Å²) in [7, 11) is 4.01. The largest absolute Gasteiger partial charge is 0.503 e. The second-order valence-electron chi connectivity index (χ2n) is 5.94. The van der Waals surface area contributed by atoms with Gasteiger partial charge in [-0.15, -0.1) is 22.7 Å². The fourth-order valence-electron chi connectivity index (χ4n) is 2.74. The van der Waals surface area contributed by atoms with E-state index >= 15 is 0 Å². The van der Waals surface area contributed by atoms with Crippen LogP contribution in [0.25, 0.3) is 0 Å². The monoisotopic (exact) mass is 363 g/mol. The molecule has 1 aliphatic heterocycles. The highest BCUT2D eigenvalue weighted by Crippen LogP contribution is 2.40. The second kappa shape index (κ2) is 6.88. The first kappa shape index (κ1) is 16.9. The molecule has 3 rings (SSSR count). The summed E-state index contributed by atoms with van der Waals surface area (Å²) in [5.41, 5.74) is 0.193. The van der Waals surface area contributed by atoms with E-state index in [1.165, 1.54) is 27.6 Å². The van der Waals surface area contributed by atoms with E-state index in [1.54, 1.807) is 17.0 Å². The van der Waals surface area contributed by atoms with E-state index in [-0.39, 0.29) is 11.4 Å². The van der Waals surface area contributed by atoms with E-state index in [4.69, 9.17) is 0 Å². The SMILES string of the molecule is C[NH+](C)CCN1C(=O)C(O)=C(C(=O)c2cccs2)[C@H]1c1cccs1. The van der Waals surface area contributed by atoms with Crippen LogP contribution in [0.5, 0.6) is 0 Å². The van der Waals surface area contributed by atoms with Gasteiger partial charge in [-0.2, -0.15) is 0 Å². The zero-order chi connectivity index (χ0) is 17.3. The molecule has 2 aromatic heterocycles. The second-order valence-corrected chi connectivity index (χ2v) is 7.87. The number of carbonyl (C=O) groups excluding carboxylic acids is 2. The van der Waals surface area contributed by atoms with E-state index in [0.717, 1.165) is 11.4 Å². The van der Waals surface area contributed by atoms with Gasteiger partial charge in [0, 0.05) is 4.88 Å². The van der Waals surface area contributed by atoms with Crippen molar-refractivity contribution in [3.8, 4) is 0 Å². The van der Waals surface area contributed by atoms with Crippen LogP contribution in [-0.2, 0) is 4.79 Å². The molecular formula is C17H19N2O3S2+. The summed E-state index contributed by atoms with van der Waals surface area (Å²) >= 11 is 2.80. The Kier molecular flexibility index (Phi) is 4.84. The molecule has 126 valence electrons. The summed E-state index contributed by atoms with van der Waals surface area (Å²) in [5.74, 6) is -1.15. The van der Waals surface area contributed by atoms with Crippen LogP contribution in [0, 0.1) is 0 Å². The number of aliphatic hydroxyl groups excluding tert-OH is 1. The molecule has 0 saturated heterocycles. The Bertz CT molecular complexity index is 764. The number of ketones is 1. The van der Waals surface area contributed by atoms with Gasteiger partial charge < -0.3 is 14.9 Å². The predicted molar refractivity (Wildman–Crippen MR) is 94.8 cm³/mol. The van der Waals surface area contributed by atoms with Gasteiger partial charge in [0.15, 0.2) is 5.76 Å². The fraction of sp³-hybridized carbons (Fsp3) is 0.294. The third kappa shape index (κ3) is 3.02. The van der Waals surface area contributed by atoms with Gasteiger partial charge in [-0.1, -0.05) is 12.1 Å². The van der Waals surface area contributed by atoms with Crippen molar-refractivity contribution in [2.24, 2.45) is 0 Å². The quantitative estimate of drug-likeness (QED) is 0.765. The topological polar surface area (TPSA) is 62.1 Å². The van der Waals surface area contributed by atoms with Gasteiger partial charge >= 0.3 is 0 Å². The first-order valence-corrected chi connectivity index (χ1v) is 9.41. The minimum atomic E-state index is -0.508. The Morgan fingerprint density at radius 2 is 1.96 bits per heavy atom. The summed E-state index contributed by atoms with van der Waals surface area (Å²) in [6, 6.07) is 6.79. The molecule has 0 fully saturated rings. The number of likely N-dealkylation sites (N-methyl/N-ethyl adjacent to an activating group) is 1. The van der Waals surface area contributed by atoms with E-state index in [1.807, 2.05) is 37.0 Å². The molecule has 24 heavy (non-hydrogen) atoms. The Morgan fingerprint density at radius 1 is 1.25 bits per heavy atom. The molecule has 0 bridgehead atoms. The highest BCUT2D eigenvalue weighted by Gasteiger charge is 2.44. The zero-order valence-corrected chi connectivity index (χ0v) is 15.1. The minimum Gasteiger partial charge on any atom is -0.503 e. The number of rotatable bonds is 6. The molecule has 0 radical (unpaired) electrons. The first-order valence-electron chi connectivity index (χ1n) is 7.65. The van der Waals surface area contributed by atoms with Gasteiger partial charge in [-0.25, -0.2) is 0 Å². The molecular weight excluding hydrogens is 344 g/mol. The number of aliphatic hydroxyl groups is 1. The Hall–Kier alpha value is -1.96. The van der Waals surface area contributed by atoms with E-state index in [2.05, 4.69) is 0 Å². The van der Waals surface area contributed by atoms with Crippen LogP contribution in [0.15, 0.2) is 46.4 Å². The van der Waals surface area contributed by atoms with Crippen LogP contribution >= 0.6 is 22.7 Å². The standard InChI is InChI=1S/C17H18N2O3S2/c1-18(2)7-8-19-14(11-5-3-9-23-11)13(16(21)17(19)22)15(20)12-6-4-10-24-12/h3-6,9-10,14,21H,7-8H2,1-2H3/p+1/t14-/m1/s1. The Morgan fingerprint density at radius 3 is 2.54 bits per heavy atom. The number of hydrogen-bond donors (Lipinski definition) is 2. The van der Waals surface area contributed by atoms with Crippen molar-refractivity contribution in [2.75, 3.05) is 27.2 Å². The number of hydrogen-bond acceptors (Lipinski definition) is 5. The number of amides is 1. The molecule has 5 nitrogen and oxygen atoms in total. The third-order valence-corrected chi connectivity index (χ3v) is 5.75. The lowest BCUT2D eigenvalue weighted by Crippen LogP contribution is -3.06. The van der Waals surface area contributed by atoms with E-state index in [9.17, 15) is 14.7 Å². The van der Waals surface area contributed by atoms with E-state index in [0.29, 0.717) is 11.4 Å². The average Bonchev–Trinajstić information content (AvgIpc) is 3.27. The number of quaternary nitrogens is 1. The normalized spacial score (nSPS) is 18.0. The van der Waals surface area contributed by atoms with Crippen LogP contribution in [0.3, 0.4) is 0 Å². The summed E-state index contributed by atoms with van der Waals surface area (Å²) in [4.78, 5) is 29.7. The summed E-state index contributed by atoms with van der Waals surface area (Å²) in [5, 5.41) is 14.1. The number of Topliss-reactive ketones (excluding diaryl/α,β-unsaturated/α-hetero) is 1. The number of thiophene rings is 2. The molecule has 3 heterocycles. The van der Waals surface area contributed by atoms with Crippen LogP contribution < -0.4 is 4.90 Å². The number of carbonyl (C=O) groups is 2. The molecule has 0 unspecified atom stereocenters. The number of nitrogens with one attached hydrogen (secondary N) is 1. The van der Waals surface area contributed by atoms with Gasteiger partial charge in [0.2, 0.25) is 5.78 Å². The van der Waals surface area contributed by atoms with Crippen molar-refractivity contribution in [1.29, 1.82) is 0 Å². The Balaban J connectivity index is 2.01. The maximum absolute atomic E-state index is 12.9. The molecule has 1 amide bonds. The summed E-state index contributed by atoms with van der Waals surface area (Å²) in [6.45, 7) is 1.22. The summed E-state index contributed by atoms with van der Waals surface area (Å²) in [6.07, 6.45) is 0. The van der Waals surface area contributed by atoms with Gasteiger partial charge in [-0.3, -0.25) is 9.59 Å². The van der Waals surface area contributed by atoms with Crippen molar-refractivity contribution >= 4 is 34.4 Å². The van der Waals surface area contributed by atoms with Crippen molar-refractivity contribution in [2.45, 2.75) is 6.04 Å². The van der Waals surface area contributed by atoms with Crippen LogP contribution in [0.2, 0.25) is 0 Å². The summed E-state index contributed by atoms with van der Waals surface area (Å²) < 4.78 is 0. The minimum absolute atomic E-state index is 0.193. The molecule has 2 N–H and O–H groups in total. The van der Waals surface area contributed by atoms with Crippen LogP contribution in [0.4, 0.5) is 0 Å². The lowest BCUT2D eigenvalue weighted by atomic mass is 10.0. The van der Waals surface area contributed by atoms with Crippen molar-refractivity contribution in [3.63, 3.8) is 0 Å². The molecule has 0 aliphatic carbocycles. The highest BCUT2D eigenvalue weighted by atomic mass is 32.1. The van der Waals surface area contributed by atoms with E-state index < -0.39 is 17.7 Å². The van der Waals surface area contributed by atoms with Crippen molar-refractivity contribution in [3.05, 3.63) is 56.1 Å².